The third-order valence-electron chi connectivity index (χ3n) is 4.07. The number of aliphatic hydroxyl groups excluding tert-OH is 1. The molecule has 4 nitrogen and oxygen atoms in total. The summed E-state index contributed by atoms with van der Waals surface area (Å²) in [5, 5.41) is 13.5. The van der Waals surface area contributed by atoms with Crippen LogP contribution in [0.15, 0.2) is 18.2 Å². The van der Waals surface area contributed by atoms with E-state index in [0.29, 0.717) is 26.4 Å². The van der Waals surface area contributed by atoms with E-state index in [-0.39, 0.29) is 11.0 Å². The molecule has 1 aromatic carbocycles. The lowest BCUT2D eigenvalue weighted by Gasteiger charge is -2.34. The zero-order chi connectivity index (χ0) is 19.1. The van der Waals surface area contributed by atoms with Crippen LogP contribution in [0.25, 0.3) is 0 Å². The van der Waals surface area contributed by atoms with Crippen LogP contribution in [0.4, 0.5) is 0 Å². The van der Waals surface area contributed by atoms with Crippen LogP contribution in [-0.4, -0.2) is 43.1 Å². The van der Waals surface area contributed by atoms with Gasteiger partial charge < -0.3 is 19.9 Å². The fraction of sp³-hybridized carbons (Fsp3) is 0.714. The minimum Gasteiger partial charge on any atom is -0.491 e. The third-order valence-corrected chi connectivity index (χ3v) is 4.07. The van der Waals surface area contributed by atoms with Gasteiger partial charge in [-0.2, -0.15) is 0 Å². The molecule has 144 valence electrons. The van der Waals surface area contributed by atoms with Gasteiger partial charge in [-0.05, 0) is 62.8 Å². The molecule has 0 aliphatic carbocycles. The van der Waals surface area contributed by atoms with Crippen molar-refractivity contribution in [3.63, 3.8) is 0 Å². The van der Waals surface area contributed by atoms with Crippen molar-refractivity contribution >= 4 is 0 Å². The van der Waals surface area contributed by atoms with Gasteiger partial charge in [0.1, 0.15) is 12.4 Å². The van der Waals surface area contributed by atoms with E-state index >= 15 is 0 Å². The van der Waals surface area contributed by atoms with Crippen molar-refractivity contribution < 1.29 is 14.6 Å². The van der Waals surface area contributed by atoms with Gasteiger partial charge in [0.2, 0.25) is 0 Å². The van der Waals surface area contributed by atoms with Gasteiger partial charge in [-0.1, -0.05) is 26.8 Å². The molecular formula is C21H37NO3. The average molecular weight is 352 g/mol. The molecule has 0 fully saturated rings. The van der Waals surface area contributed by atoms with Crippen molar-refractivity contribution in [1.82, 2.24) is 5.32 Å². The first kappa shape index (κ1) is 21.9. The normalized spacial score (nSPS) is 13.8. The van der Waals surface area contributed by atoms with Gasteiger partial charge in [0.25, 0.3) is 0 Å². The van der Waals surface area contributed by atoms with E-state index in [1.165, 1.54) is 11.1 Å². The predicted octanol–water partition coefficient (Wildman–Crippen LogP) is 3.86. The first-order valence-electron chi connectivity index (χ1n) is 9.19. The van der Waals surface area contributed by atoms with Crippen LogP contribution in [0, 0.1) is 19.3 Å². The van der Waals surface area contributed by atoms with Crippen LogP contribution in [0.3, 0.4) is 0 Å². The van der Waals surface area contributed by atoms with Crippen molar-refractivity contribution in [1.29, 1.82) is 0 Å². The number of nitrogens with one attached hydrogen (secondary N) is 1. The van der Waals surface area contributed by atoms with Crippen LogP contribution >= 0.6 is 0 Å². The first-order chi connectivity index (χ1) is 11.5. The maximum absolute atomic E-state index is 10.1. The van der Waals surface area contributed by atoms with Gasteiger partial charge in [-0.3, -0.25) is 0 Å². The molecule has 0 unspecified atom stereocenters. The summed E-state index contributed by atoms with van der Waals surface area (Å²) in [5.41, 5.74) is 2.72. The standard InChI is InChI=1S/C21H37NO3/c1-16-8-9-19(12-17(16)2)25-11-10-24-14-18(23)13-22-21(6,7)15-20(3,4)5/h8-9,12,18,22-23H,10-11,13-15H2,1-7H3/t18-/m0/s1. The predicted molar refractivity (Wildman–Crippen MR) is 104 cm³/mol. The van der Waals surface area contributed by atoms with Crippen LogP contribution in [-0.2, 0) is 4.74 Å². The average Bonchev–Trinajstić information content (AvgIpc) is 2.46. The summed E-state index contributed by atoms with van der Waals surface area (Å²) in [4.78, 5) is 0. The Morgan fingerprint density at radius 3 is 2.32 bits per heavy atom. The summed E-state index contributed by atoms with van der Waals surface area (Å²) in [6.07, 6.45) is 0.526. The zero-order valence-corrected chi connectivity index (χ0v) is 17.1. The molecule has 0 aliphatic rings. The maximum Gasteiger partial charge on any atom is 0.119 e. The fourth-order valence-electron chi connectivity index (χ4n) is 3.08. The van der Waals surface area contributed by atoms with Gasteiger partial charge in [-0.15, -0.1) is 0 Å². The largest absolute Gasteiger partial charge is 0.491 e. The van der Waals surface area contributed by atoms with E-state index in [1.54, 1.807) is 0 Å². The van der Waals surface area contributed by atoms with Gasteiger partial charge >= 0.3 is 0 Å². The zero-order valence-electron chi connectivity index (χ0n) is 17.1. The lowest BCUT2D eigenvalue weighted by Crippen LogP contribution is -2.46. The van der Waals surface area contributed by atoms with Crippen LogP contribution in [0.5, 0.6) is 5.75 Å². The minimum absolute atomic E-state index is 0.00829. The second-order valence-electron chi connectivity index (χ2n) is 8.83. The first-order valence-corrected chi connectivity index (χ1v) is 9.19. The molecule has 25 heavy (non-hydrogen) atoms. The molecule has 1 atom stereocenters. The topological polar surface area (TPSA) is 50.7 Å². The summed E-state index contributed by atoms with van der Waals surface area (Å²) in [6.45, 7) is 17.0. The summed E-state index contributed by atoms with van der Waals surface area (Å²) in [5.74, 6) is 0.859. The minimum atomic E-state index is -0.513. The summed E-state index contributed by atoms with van der Waals surface area (Å²) in [6, 6.07) is 6.06. The highest BCUT2D eigenvalue weighted by Gasteiger charge is 2.25. The second-order valence-corrected chi connectivity index (χ2v) is 8.83. The molecular weight excluding hydrogens is 314 g/mol. The summed E-state index contributed by atoms with van der Waals surface area (Å²) in [7, 11) is 0. The van der Waals surface area contributed by atoms with Crippen LogP contribution in [0.1, 0.15) is 52.2 Å². The highest BCUT2D eigenvalue weighted by atomic mass is 16.5. The Hall–Kier alpha value is -1.10. The molecule has 0 aliphatic heterocycles. The molecule has 0 spiro atoms. The quantitative estimate of drug-likeness (QED) is 0.629. The Kier molecular flexibility index (Phi) is 8.39. The molecule has 2 N–H and O–H groups in total. The van der Waals surface area contributed by atoms with Gasteiger partial charge in [-0.25, -0.2) is 0 Å². The number of rotatable bonds is 10. The van der Waals surface area contributed by atoms with Crippen LogP contribution < -0.4 is 10.1 Å². The molecule has 4 heteroatoms. The Morgan fingerprint density at radius 1 is 1.04 bits per heavy atom. The third kappa shape index (κ3) is 9.83. The molecule has 0 radical (unpaired) electrons. The Morgan fingerprint density at radius 2 is 1.72 bits per heavy atom. The van der Waals surface area contributed by atoms with E-state index in [2.05, 4.69) is 59.8 Å². The Bertz CT molecular complexity index is 520. The van der Waals surface area contributed by atoms with Crippen molar-refractivity contribution in [2.45, 2.75) is 66.5 Å². The van der Waals surface area contributed by atoms with E-state index in [0.717, 1.165) is 12.2 Å². The molecule has 0 bridgehead atoms. The number of aryl methyl sites for hydroxylation is 2. The molecule has 0 saturated heterocycles. The highest BCUT2D eigenvalue weighted by Crippen LogP contribution is 2.26. The summed E-state index contributed by atoms with van der Waals surface area (Å²) < 4.78 is 11.2. The van der Waals surface area contributed by atoms with Crippen molar-refractivity contribution in [2.24, 2.45) is 5.41 Å². The number of aliphatic hydroxyl groups is 1. The van der Waals surface area contributed by atoms with Gasteiger partial charge in [0.15, 0.2) is 0 Å². The Balaban J connectivity index is 2.18. The number of hydrogen-bond donors (Lipinski definition) is 2. The molecule has 0 amide bonds. The van der Waals surface area contributed by atoms with Gasteiger partial charge in [0, 0.05) is 12.1 Å². The maximum atomic E-state index is 10.1. The molecule has 0 saturated carbocycles. The lowest BCUT2D eigenvalue weighted by molar-refractivity contribution is 0.0211. The molecule has 1 rings (SSSR count). The SMILES string of the molecule is Cc1ccc(OCCOC[C@@H](O)CNC(C)(C)CC(C)(C)C)cc1C. The van der Waals surface area contributed by atoms with E-state index in [4.69, 9.17) is 9.47 Å². The van der Waals surface area contributed by atoms with Crippen LogP contribution in [0.2, 0.25) is 0 Å². The molecule has 0 heterocycles. The molecule has 0 aromatic heterocycles. The van der Waals surface area contributed by atoms with Crippen molar-refractivity contribution in [3.8, 4) is 5.75 Å². The van der Waals surface area contributed by atoms with Gasteiger partial charge in [0.05, 0.1) is 19.3 Å². The van der Waals surface area contributed by atoms with E-state index < -0.39 is 6.10 Å². The number of ether oxygens (including phenoxy) is 2. The summed E-state index contributed by atoms with van der Waals surface area (Å²) >= 11 is 0. The number of β-amino-alcohol motifs (C(OH)–C–C–N with tert-alkyl or cyclic N) is 1. The fourth-order valence-corrected chi connectivity index (χ4v) is 3.08. The van der Waals surface area contributed by atoms with Crippen molar-refractivity contribution in [2.75, 3.05) is 26.4 Å². The van der Waals surface area contributed by atoms with E-state index in [9.17, 15) is 5.11 Å². The van der Waals surface area contributed by atoms with E-state index in [1.807, 2.05) is 12.1 Å². The monoisotopic (exact) mass is 351 g/mol. The van der Waals surface area contributed by atoms with Crippen molar-refractivity contribution in [3.05, 3.63) is 29.3 Å². The lowest BCUT2D eigenvalue weighted by atomic mass is 9.82. The second kappa shape index (κ2) is 9.56. The highest BCUT2D eigenvalue weighted by molar-refractivity contribution is 5.33. The number of benzene rings is 1. The smallest absolute Gasteiger partial charge is 0.119 e. The Labute approximate surface area is 153 Å². The number of hydrogen-bond acceptors (Lipinski definition) is 4. The molecule has 1 aromatic rings.